The highest BCUT2D eigenvalue weighted by Gasteiger charge is 2.25. The van der Waals surface area contributed by atoms with Crippen LogP contribution < -0.4 is 15.4 Å². The lowest BCUT2D eigenvalue weighted by Crippen LogP contribution is -2.33. The lowest BCUT2D eigenvalue weighted by Gasteiger charge is -2.20. The number of primary amides is 1. The first-order chi connectivity index (χ1) is 14.9. The van der Waals surface area contributed by atoms with E-state index >= 15 is 0 Å². The standard InChI is InChI=1S/C22H24N4S.C2H5NO/c1-16-10-19(8-9-23-16)20-11-22(17(2)24-13-20)26-14-21(15-27-26)25-12-18-6-4-3-5-7-18;1-2(3)4/h3-11,13,21,25H,12,14-15H2,1-2H3;1H3,(H2,3,4). The summed E-state index contributed by atoms with van der Waals surface area (Å²) in [4.78, 5) is 18.2. The summed E-state index contributed by atoms with van der Waals surface area (Å²) >= 11 is 1.88. The van der Waals surface area contributed by atoms with Gasteiger partial charge < -0.3 is 15.4 Å². The number of hydrogen-bond acceptors (Lipinski definition) is 6. The average molecular weight is 436 g/mol. The molecule has 0 aliphatic carbocycles. The highest BCUT2D eigenvalue weighted by Crippen LogP contribution is 2.33. The molecule has 2 aromatic heterocycles. The molecule has 0 spiro atoms. The molecule has 7 heteroatoms. The maximum atomic E-state index is 9.22. The van der Waals surface area contributed by atoms with E-state index in [1.165, 1.54) is 23.7 Å². The number of carbonyl (C=O) groups excluding carboxylic acids is 1. The minimum atomic E-state index is -0.333. The number of nitrogens with zero attached hydrogens (tertiary/aromatic N) is 3. The van der Waals surface area contributed by atoms with E-state index in [2.05, 4.69) is 74.7 Å². The second-order valence-electron chi connectivity index (χ2n) is 7.55. The van der Waals surface area contributed by atoms with Crippen molar-refractivity contribution in [3.63, 3.8) is 0 Å². The second kappa shape index (κ2) is 10.9. The number of amides is 1. The number of nitrogens with one attached hydrogen (secondary N) is 1. The van der Waals surface area contributed by atoms with Crippen LogP contribution in [0.2, 0.25) is 0 Å². The molecule has 1 aliphatic rings. The van der Waals surface area contributed by atoms with Crippen molar-refractivity contribution in [1.29, 1.82) is 0 Å². The van der Waals surface area contributed by atoms with Crippen LogP contribution in [0.4, 0.5) is 5.69 Å². The maximum Gasteiger partial charge on any atom is 0.214 e. The summed E-state index contributed by atoms with van der Waals surface area (Å²) < 4.78 is 2.38. The molecule has 0 saturated carbocycles. The number of aryl methyl sites for hydroxylation is 2. The van der Waals surface area contributed by atoms with Crippen molar-refractivity contribution in [2.75, 3.05) is 16.6 Å². The molecule has 6 nitrogen and oxygen atoms in total. The summed E-state index contributed by atoms with van der Waals surface area (Å²) in [5.41, 5.74) is 11.4. The molecule has 1 aromatic carbocycles. The fraction of sp³-hybridized carbons (Fsp3) is 0.292. The molecule has 1 saturated heterocycles. The third-order valence-electron chi connectivity index (χ3n) is 4.81. The Morgan fingerprint density at radius 2 is 1.90 bits per heavy atom. The van der Waals surface area contributed by atoms with Crippen LogP contribution >= 0.6 is 11.9 Å². The minimum Gasteiger partial charge on any atom is -0.370 e. The number of aromatic nitrogens is 2. The summed E-state index contributed by atoms with van der Waals surface area (Å²) in [5, 5.41) is 3.68. The van der Waals surface area contributed by atoms with E-state index in [-0.39, 0.29) is 5.91 Å². The Bertz CT molecular complexity index is 1010. The normalized spacial score (nSPS) is 15.3. The van der Waals surface area contributed by atoms with Crippen LogP contribution in [0.1, 0.15) is 23.9 Å². The zero-order valence-electron chi connectivity index (χ0n) is 18.2. The van der Waals surface area contributed by atoms with E-state index in [0.717, 1.165) is 35.8 Å². The van der Waals surface area contributed by atoms with Gasteiger partial charge in [-0.2, -0.15) is 0 Å². The van der Waals surface area contributed by atoms with E-state index in [1.54, 1.807) is 0 Å². The fourth-order valence-corrected chi connectivity index (χ4v) is 4.48. The topological polar surface area (TPSA) is 84.1 Å². The van der Waals surface area contributed by atoms with Crippen molar-refractivity contribution in [3.8, 4) is 11.1 Å². The predicted molar refractivity (Wildman–Crippen MR) is 129 cm³/mol. The number of rotatable bonds is 5. The molecule has 162 valence electrons. The molecule has 1 amide bonds. The zero-order chi connectivity index (χ0) is 22.2. The molecule has 1 unspecified atom stereocenters. The van der Waals surface area contributed by atoms with Crippen LogP contribution in [0.15, 0.2) is 60.9 Å². The van der Waals surface area contributed by atoms with Gasteiger partial charge in [0.05, 0.1) is 11.4 Å². The molecule has 1 atom stereocenters. The van der Waals surface area contributed by atoms with E-state index in [0.29, 0.717) is 6.04 Å². The van der Waals surface area contributed by atoms with Crippen molar-refractivity contribution in [2.24, 2.45) is 5.73 Å². The number of nitrogens with two attached hydrogens (primary N) is 1. The van der Waals surface area contributed by atoms with Gasteiger partial charge in [0.1, 0.15) is 0 Å². The van der Waals surface area contributed by atoms with Crippen molar-refractivity contribution in [1.82, 2.24) is 15.3 Å². The van der Waals surface area contributed by atoms with Gasteiger partial charge >= 0.3 is 0 Å². The van der Waals surface area contributed by atoms with Gasteiger partial charge in [-0.15, -0.1) is 0 Å². The molecule has 3 N–H and O–H groups in total. The zero-order valence-corrected chi connectivity index (χ0v) is 19.0. The highest BCUT2D eigenvalue weighted by atomic mass is 32.2. The average Bonchev–Trinajstić information content (AvgIpc) is 3.22. The van der Waals surface area contributed by atoms with E-state index in [9.17, 15) is 4.79 Å². The molecular formula is C24H29N5OS. The van der Waals surface area contributed by atoms with E-state index < -0.39 is 0 Å². The molecule has 0 radical (unpaired) electrons. The van der Waals surface area contributed by atoms with Crippen molar-refractivity contribution >= 4 is 23.5 Å². The SMILES string of the molecule is CC(N)=O.Cc1cc(-c2cnc(C)c(N3CC(NCc4ccccc4)CS3)c2)ccn1. The summed E-state index contributed by atoms with van der Waals surface area (Å²) in [6.45, 7) is 7.31. The van der Waals surface area contributed by atoms with E-state index in [1.807, 2.05) is 37.3 Å². The monoisotopic (exact) mass is 435 g/mol. The Balaban J connectivity index is 0.000000628. The molecule has 1 fully saturated rings. The third-order valence-corrected chi connectivity index (χ3v) is 6.02. The first-order valence-corrected chi connectivity index (χ1v) is 11.2. The maximum absolute atomic E-state index is 9.22. The Hall–Kier alpha value is -2.90. The first-order valence-electron chi connectivity index (χ1n) is 10.3. The Kier molecular flexibility index (Phi) is 8.03. The van der Waals surface area contributed by atoms with Crippen LogP contribution in [0, 0.1) is 13.8 Å². The van der Waals surface area contributed by atoms with Crippen LogP contribution in [0.3, 0.4) is 0 Å². The van der Waals surface area contributed by atoms with Gasteiger partial charge in [-0.3, -0.25) is 14.8 Å². The van der Waals surface area contributed by atoms with Crippen molar-refractivity contribution in [2.45, 2.75) is 33.4 Å². The van der Waals surface area contributed by atoms with Gasteiger partial charge in [0.25, 0.3) is 0 Å². The number of carbonyl (C=O) groups is 1. The number of hydrogen-bond donors (Lipinski definition) is 2. The van der Waals surface area contributed by atoms with Crippen molar-refractivity contribution < 1.29 is 4.79 Å². The van der Waals surface area contributed by atoms with Crippen molar-refractivity contribution in [3.05, 3.63) is 77.9 Å². The molecule has 3 aromatic rings. The quantitative estimate of drug-likeness (QED) is 0.592. The van der Waals surface area contributed by atoms with Crippen LogP contribution in [0.5, 0.6) is 0 Å². The predicted octanol–water partition coefficient (Wildman–Crippen LogP) is 3.88. The molecule has 4 rings (SSSR count). The van der Waals surface area contributed by atoms with Crippen LogP contribution in [0.25, 0.3) is 11.1 Å². The lowest BCUT2D eigenvalue weighted by molar-refractivity contribution is -0.115. The largest absolute Gasteiger partial charge is 0.370 e. The molecule has 1 aliphatic heterocycles. The minimum absolute atomic E-state index is 0.333. The number of benzene rings is 1. The van der Waals surface area contributed by atoms with Gasteiger partial charge in [-0.1, -0.05) is 30.3 Å². The summed E-state index contributed by atoms with van der Waals surface area (Å²) in [6, 6.07) is 17.5. The molecule has 3 heterocycles. The summed E-state index contributed by atoms with van der Waals surface area (Å²) in [5.74, 6) is 0.741. The highest BCUT2D eigenvalue weighted by molar-refractivity contribution is 8.01. The summed E-state index contributed by atoms with van der Waals surface area (Å²) in [7, 11) is 0. The van der Waals surface area contributed by atoms with Gasteiger partial charge in [0.2, 0.25) is 5.91 Å². The van der Waals surface area contributed by atoms with Gasteiger partial charge in [-0.05, 0) is 55.1 Å². The third kappa shape index (κ3) is 6.80. The molecule has 0 bridgehead atoms. The van der Waals surface area contributed by atoms with Gasteiger partial charge in [-0.25, -0.2) is 0 Å². The van der Waals surface area contributed by atoms with Crippen LogP contribution in [-0.2, 0) is 11.3 Å². The Labute approximate surface area is 188 Å². The Morgan fingerprint density at radius 1 is 1.16 bits per heavy atom. The lowest BCUT2D eigenvalue weighted by atomic mass is 10.1. The summed E-state index contributed by atoms with van der Waals surface area (Å²) in [6.07, 6.45) is 3.82. The van der Waals surface area contributed by atoms with E-state index in [4.69, 9.17) is 0 Å². The second-order valence-corrected chi connectivity index (χ2v) is 8.58. The number of anilines is 1. The van der Waals surface area contributed by atoms with Crippen LogP contribution in [-0.4, -0.2) is 34.2 Å². The number of pyridine rings is 2. The smallest absolute Gasteiger partial charge is 0.214 e. The Morgan fingerprint density at radius 3 is 2.61 bits per heavy atom. The first kappa shape index (κ1) is 22.8. The van der Waals surface area contributed by atoms with Gasteiger partial charge in [0.15, 0.2) is 0 Å². The molecule has 31 heavy (non-hydrogen) atoms. The fourth-order valence-electron chi connectivity index (χ4n) is 3.29. The molecular weight excluding hydrogens is 406 g/mol. The van der Waals surface area contributed by atoms with Gasteiger partial charge in [0, 0.05) is 55.5 Å².